The van der Waals surface area contributed by atoms with Gasteiger partial charge in [0.1, 0.15) is 0 Å². The van der Waals surface area contributed by atoms with Gasteiger partial charge in [0.25, 0.3) is 0 Å². The summed E-state index contributed by atoms with van der Waals surface area (Å²) in [4.78, 5) is 26.7. The van der Waals surface area contributed by atoms with Crippen molar-refractivity contribution in [2.24, 2.45) is 5.41 Å². The van der Waals surface area contributed by atoms with Crippen LogP contribution in [-0.2, 0) is 4.79 Å². The third-order valence-electron chi connectivity index (χ3n) is 2.66. The molecule has 0 heterocycles. The molecule has 3 nitrogen and oxygen atoms in total. The van der Waals surface area contributed by atoms with E-state index in [0.29, 0.717) is 10.6 Å². The van der Waals surface area contributed by atoms with Gasteiger partial charge in [-0.3, -0.25) is 9.59 Å². The average molecular weight is 294 g/mol. The summed E-state index contributed by atoms with van der Waals surface area (Å²) in [6, 6.07) is 6.54. The normalized spacial score (nSPS) is 12.2. The van der Waals surface area contributed by atoms with Gasteiger partial charge in [-0.25, -0.2) is 0 Å². The molecule has 1 aromatic carbocycles. The highest BCUT2D eigenvalue weighted by Gasteiger charge is 2.29. The van der Waals surface area contributed by atoms with E-state index in [1.54, 1.807) is 70.2 Å². The highest BCUT2D eigenvalue weighted by Crippen LogP contribution is 2.23. The van der Waals surface area contributed by atoms with Crippen LogP contribution in [0.2, 0.25) is 5.02 Å². The lowest BCUT2D eigenvalue weighted by Crippen LogP contribution is -2.27. The summed E-state index contributed by atoms with van der Waals surface area (Å²) < 4.78 is 0. The summed E-state index contributed by atoms with van der Waals surface area (Å²) in [5.41, 5.74) is 0.0362. The zero-order valence-electron chi connectivity index (χ0n) is 12.5. The molecule has 0 saturated carbocycles. The number of benzene rings is 1. The predicted octanol–water partition coefficient (Wildman–Crippen LogP) is 3.58. The molecule has 0 aliphatic rings. The summed E-state index contributed by atoms with van der Waals surface area (Å²) in [5, 5.41) is 0.557. The van der Waals surface area contributed by atoms with Gasteiger partial charge in [0.2, 0.25) is 0 Å². The number of halogens is 1. The Morgan fingerprint density at radius 1 is 1.10 bits per heavy atom. The molecule has 0 atom stereocenters. The van der Waals surface area contributed by atoms with Crippen LogP contribution in [0.1, 0.15) is 31.1 Å². The Balaban J connectivity index is 3.22. The van der Waals surface area contributed by atoms with Crippen LogP contribution in [0.25, 0.3) is 0 Å². The van der Waals surface area contributed by atoms with Gasteiger partial charge >= 0.3 is 0 Å². The Morgan fingerprint density at radius 2 is 1.60 bits per heavy atom. The van der Waals surface area contributed by atoms with Gasteiger partial charge in [0, 0.05) is 36.3 Å². The lowest BCUT2D eigenvalue weighted by molar-refractivity contribution is -0.122. The molecule has 1 aromatic rings. The zero-order valence-corrected chi connectivity index (χ0v) is 13.3. The number of carbonyl (C=O) groups excluding carboxylic acids is 2. The molecule has 0 amide bonds. The number of nitrogens with zero attached hydrogens (tertiary/aromatic N) is 1. The van der Waals surface area contributed by atoms with E-state index in [4.69, 9.17) is 11.6 Å². The first kappa shape index (κ1) is 16.4. The van der Waals surface area contributed by atoms with E-state index in [1.807, 2.05) is 0 Å². The van der Waals surface area contributed by atoms with E-state index in [9.17, 15) is 9.59 Å². The molecule has 0 saturated heterocycles. The van der Waals surface area contributed by atoms with E-state index in [2.05, 4.69) is 0 Å². The second kappa shape index (κ2) is 6.23. The first-order chi connectivity index (χ1) is 9.12. The molecule has 1 rings (SSSR count). The molecule has 0 aliphatic carbocycles. The van der Waals surface area contributed by atoms with Crippen molar-refractivity contribution in [2.45, 2.75) is 20.8 Å². The molecular weight excluding hydrogens is 274 g/mol. The van der Waals surface area contributed by atoms with Gasteiger partial charge in [0.05, 0.1) is 5.57 Å². The minimum absolute atomic E-state index is 0.175. The first-order valence-corrected chi connectivity index (χ1v) is 6.74. The van der Waals surface area contributed by atoms with Crippen LogP contribution in [0.4, 0.5) is 0 Å². The molecule has 0 unspecified atom stereocenters. The Kier molecular flexibility index (Phi) is 5.12. The average Bonchev–Trinajstić information content (AvgIpc) is 2.34. The number of allylic oxidation sites excluding steroid dienone is 1. The predicted molar refractivity (Wildman–Crippen MR) is 82.0 cm³/mol. The minimum Gasteiger partial charge on any atom is -0.383 e. The van der Waals surface area contributed by atoms with Crippen molar-refractivity contribution in [1.29, 1.82) is 0 Å². The van der Waals surface area contributed by atoms with Gasteiger partial charge in [-0.1, -0.05) is 32.4 Å². The van der Waals surface area contributed by atoms with Crippen LogP contribution >= 0.6 is 11.6 Å². The second-order valence-electron chi connectivity index (χ2n) is 5.92. The van der Waals surface area contributed by atoms with Crippen LogP contribution in [0.5, 0.6) is 0 Å². The standard InChI is InChI=1S/C16H20ClNO2/c1-16(2,3)15(20)13(10-18(4)5)14(19)11-6-8-12(17)9-7-11/h6-10H,1-5H3/b13-10-. The van der Waals surface area contributed by atoms with Crippen LogP contribution in [0.3, 0.4) is 0 Å². The molecule has 0 bridgehead atoms. The maximum Gasteiger partial charge on any atom is 0.198 e. The van der Waals surface area contributed by atoms with Crippen molar-refractivity contribution >= 4 is 23.2 Å². The van der Waals surface area contributed by atoms with E-state index >= 15 is 0 Å². The minimum atomic E-state index is -0.607. The lowest BCUT2D eigenvalue weighted by Gasteiger charge is -2.19. The van der Waals surface area contributed by atoms with Gasteiger partial charge in [-0.2, -0.15) is 0 Å². The number of hydrogen-bond acceptors (Lipinski definition) is 3. The summed E-state index contributed by atoms with van der Waals surface area (Å²) in [5.74, 6) is -0.457. The fourth-order valence-electron chi connectivity index (χ4n) is 1.64. The largest absolute Gasteiger partial charge is 0.383 e. The fourth-order valence-corrected chi connectivity index (χ4v) is 1.77. The molecule has 0 radical (unpaired) electrons. The topological polar surface area (TPSA) is 37.4 Å². The molecule has 0 fully saturated rings. The summed E-state index contributed by atoms with van der Waals surface area (Å²) >= 11 is 5.81. The smallest absolute Gasteiger partial charge is 0.198 e. The van der Waals surface area contributed by atoms with Crippen molar-refractivity contribution in [3.8, 4) is 0 Å². The monoisotopic (exact) mass is 293 g/mol. The highest BCUT2D eigenvalue weighted by molar-refractivity contribution is 6.31. The van der Waals surface area contributed by atoms with Crippen LogP contribution < -0.4 is 0 Å². The van der Waals surface area contributed by atoms with Gasteiger partial charge in [-0.15, -0.1) is 0 Å². The maximum atomic E-state index is 12.5. The molecule has 0 aromatic heterocycles. The van der Waals surface area contributed by atoms with Crippen LogP contribution in [0, 0.1) is 5.41 Å². The zero-order chi connectivity index (χ0) is 15.5. The van der Waals surface area contributed by atoms with Crippen molar-refractivity contribution in [3.05, 3.63) is 46.6 Å². The number of hydrogen-bond donors (Lipinski definition) is 0. The Morgan fingerprint density at radius 3 is 2.00 bits per heavy atom. The molecule has 0 aliphatic heterocycles. The number of carbonyl (C=O) groups is 2. The van der Waals surface area contributed by atoms with Crippen LogP contribution in [-0.4, -0.2) is 30.6 Å². The lowest BCUT2D eigenvalue weighted by atomic mass is 9.84. The molecule has 0 spiro atoms. The third-order valence-corrected chi connectivity index (χ3v) is 2.92. The number of ketones is 2. The third kappa shape index (κ3) is 4.20. The van der Waals surface area contributed by atoms with Crippen molar-refractivity contribution in [1.82, 2.24) is 4.90 Å². The van der Waals surface area contributed by atoms with Crippen molar-refractivity contribution < 1.29 is 9.59 Å². The highest BCUT2D eigenvalue weighted by atomic mass is 35.5. The number of Topliss-reactive ketones (excluding diaryl/α,β-unsaturated/α-hetero) is 2. The maximum absolute atomic E-state index is 12.5. The van der Waals surface area contributed by atoms with Gasteiger partial charge < -0.3 is 4.90 Å². The van der Waals surface area contributed by atoms with Crippen molar-refractivity contribution in [3.63, 3.8) is 0 Å². The Bertz CT molecular complexity index is 537. The van der Waals surface area contributed by atoms with Crippen LogP contribution in [0.15, 0.2) is 36.0 Å². The quantitative estimate of drug-likeness (QED) is 0.368. The molecule has 108 valence electrons. The molecule has 20 heavy (non-hydrogen) atoms. The fraction of sp³-hybridized carbons (Fsp3) is 0.375. The van der Waals surface area contributed by atoms with E-state index in [-0.39, 0.29) is 17.1 Å². The summed E-state index contributed by atoms with van der Waals surface area (Å²) in [6.45, 7) is 5.40. The summed E-state index contributed by atoms with van der Waals surface area (Å²) in [7, 11) is 3.57. The number of rotatable bonds is 4. The molecule has 0 N–H and O–H groups in total. The second-order valence-corrected chi connectivity index (χ2v) is 6.36. The van der Waals surface area contributed by atoms with Gasteiger partial charge in [0.15, 0.2) is 11.6 Å². The molecular formula is C16H20ClNO2. The first-order valence-electron chi connectivity index (χ1n) is 6.36. The Labute approximate surface area is 125 Å². The Hall–Kier alpha value is -1.61. The van der Waals surface area contributed by atoms with E-state index in [0.717, 1.165) is 0 Å². The van der Waals surface area contributed by atoms with Gasteiger partial charge in [-0.05, 0) is 24.3 Å². The summed E-state index contributed by atoms with van der Waals surface area (Å²) in [6.07, 6.45) is 1.57. The van der Waals surface area contributed by atoms with E-state index in [1.165, 1.54) is 0 Å². The SMILES string of the molecule is CN(C)/C=C(/C(=O)c1ccc(Cl)cc1)C(=O)C(C)(C)C. The van der Waals surface area contributed by atoms with Crippen molar-refractivity contribution in [2.75, 3.05) is 14.1 Å². The van der Waals surface area contributed by atoms with E-state index < -0.39 is 5.41 Å². The molecule has 4 heteroatoms.